The van der Waals surface area contributed by atoms with Gasteiger partial charge in [0.25, 0.3) is 11.8 Å². The van der Waals surface area contributed by atoms with Gasteiger partial charge in [-0.2, -0.15) is 0 Å². The smallest absolute Gasteiger partial charge is 0.262 e. The molecule has 3 rings (SSSR count). The molecule has 1 aliphatic rings. The maximum absolute atomic E-state index is 12.2. The molecular formula is C14H13N3O4. The zero-order valence-corrected chi connectivity index (χ0v) is 11.5. The van der Waals surface area contributed by atoms with Crippen LogP contribution in [0.3, 0.4) is 0 Å². The normalized spacial score (nSPS) is 13.1. The van der Waals surface area contributed by atoms with E-state index in [-0.39, 0.29) is 18.4 Å². The number of nitrogens with zero attached hydrogens (tertiary/aromatic N) is 1. The summed E-state index contributed by atoms with van der Waals surface area (Å²) in [6, 6.07) is 5.03. The first kappa shape index (κ1) is 13.2. The fourth-order valence-corrected chi connectivity index (χ4v) is 2.16. The molecule has 0 radical (unpaired) electrons. The molecule has 0 atom stereocenters. The van der Waals surface area contributed by atoms with Crippen molar-refractivity contribution in [3.8, 4) is 5.75 Å². The van der Waals surface area contributed by atoms with Crippen LogP contribution in [0.4, 0.5) is 11.4 Å². The van der Waals surface area contributed by atoms with Gasteiger partial charge in [0.05, 0.1) is 11.4 Å². The van der Waals surface area contributed by atoms with Gasteiger partial charge < -0.3 is 19.9 Å². The summed E-state index contributed by atoms with van der Waals surface area (Å²) in [5.41, 5.74) is 2.01. The number of carbonyl (C=O) groups excluding carboxylic acids is 2. The van der Waals surface area contributed by atoms with Crippen LogP contribution < -0.4 is 15.4 Å². The standard InChI is InChI=1S/C14H13N3O4/c1-7-13(8(2)21-17-7)14(19)15-9-3-4-11-10(5-9)16-12(18)6-20-11/h3-5H,6H2,1-2H3,(H,15,19)(H,16,18). The van der Waals surface area contributed by atoms with Crippen LogP contribution in [0.25, 0.3) is 0 Å². The second kappa shape index (κ2) is 4.93. The SMILES string of the molecule is Cc1noc(C)c1C(=O)Nc1ccc2c(c1)NC(=O)CO2. The van der Waals surface area contributed by atoms with Crippen molar-refractivity contribution in [2.75, 3.05) is 17.2 Å². The van der Waals surface area contributed by atoms with Gasteiger partial charge in [-0.3, -0.25) is 9.59 Å². The summed E-state index contributed by atoms with van der Waals surface area (Å²) in [4.78, 5) is 23.5. The van der Waals surface area contributed by atoms with E-state index >= 15 is 0 Å². The number of rotatable bonds is 2. The van der Waals surface area contributed by atoms with E-state index in [0.29, 0.717) is 34.1 Å². The Bertz CT molecular complexity index is 716. The van der Waals surface area contributed by atoms with Crippen molar-refractivity contribution in [3.05, 3.63) is 35.2 Å². The summed E-state index contributed by atoms with van der Waals surface area (Å²) >= 11 is 0. The lowest BCUT2D eigenvalue weighted by atomic mass is 10.2. The van der Waals surface area contributed by atoms with Crippen LogP contribution in [-0.4, -0.2) is 23.6 Å². The van der Waals surface area contributed by atoms with Gasteiger partial charge in [0.1, 0.15) is 17.1 Å². The molecule has 7 heteroatoms. The lowest BCUT2D eigenvalue weighted by molar-refractivity contribution is -0.118. The molecule has 0 saturated carbocycles. The number of amides is 2. The van der Waals surface area contributed by atoms with E-state index in [1.807, 2.05) is 0 Å². The molecule has 0 spiro atoms. The molecule has 2 N–H and O–H groups in total. The zero-order valence-electron chi connectivity index (χ0n) is 11.5. The summed E-state index contributed by atoms with van der Waals surface area (Å²) in [5.74, 6) is 0.496. The number of aromatic nitrogens is 1. The predicted molar refractivity (Wildman–Crippen MR) is 74.5 cm³/mol. The Balaban J connectivity index is 1.84. The number of hydrogen-bond acceptors (Lipinski definition) is 5. The molecule has 1 aromatic carbocycles. The van der Waals surface area contributed by atoms with Crippen molar-refractivity contribution in [1.29, 1.82) is 0 Å². The van der Waals surface area contributed by atoms with Crippen molar-refractivity contribution in [1.82, 2.24) is 5.16 Å². The van der Waals surface area contributed by atoms with Gasteiger partial charge in [-0.1, -0.05) is 5.16 Å². The number of nitrogens with one attached hydrogen (secondary N) is 2. The van der Waals surface area contributed by atoms with Crippen LogP contribution in [0.1, 0.15) is 21.8 Å². The van der Waals surface area contributed by atoms with E-state index in [1.165, 1.54) is 0 Å². The highest BCUT2D eigenvalue weighted by atomic mass is 16.5. The first-order valence-electron chi connectivity index (χ1n) is 6.35. The molecule has 108 valence electrons. The van der Waals surface area contributed by atoms with Crippen LogP contribution in [0.5, 0.6) is 5.75 Å². The van der Waals surface area contributed by atoms with Gasteiger partial charge in [0, 0.05) is 5.69 Å². The second-order valence-corrected chi connectivity index (χ2v) is 4.70. The van der Waals surface area contributed by atoms with Crippen molar-refractivity contribution >= 4 is 23.2 Å². The maximum Gasteiger partial charge on any atom is 0.262 e. The van der Waals surface area contributed by atoms with Gasteiger partial charge in [-0.25, -0.2) is 0 Å². The number of fused-ring (bicyclic) bond motifs is 1. The Hall–Kier alpha value is -2.83. The van der Waals surface area contributed by atoms with E-state index in [4.69, 9.17) is 9.26 Å². The molecule has 1 aliphatic heterocycles. The van der Waals surface area contributed by atoms with Crippen molar-refractivity contribution < 1.29 is 18.8 Å². The average Bonchev–Trinajstić information content (AvgIpc) is 2.77. The first-order chi connectivity index (χ1) is 10.0. The predicted octanol–water partition coefficient (Wildman–Crippen LogP) is 1.87. The molecule has 2 amide bonds. The summed E-state index contributed by atoms with van der Waals surface area (Å²) in [6.07, 6.45) is 0. The summed E-state index contributed by atoms with van der Waals surface area (Å²) in [6.45, 7) is 3.37. The van der Waals surface area contributed by atoms with Crippen LogP contribution in [0, 0.1) is 13.8 Å². The highest BCUT2D eigenvalue weighted by molar-refractivity contribution is 6.06. The molecule has 7 nitrogen and oxygen atoms in total. The van der Waals surface area contributed by atoms with Gasteiger partial charge in [0.2, 0.25) is 0 Å². The van der Waals surface area contributed by atoms with Crippen molar-refractivity contribution in [2.45, 2.75) is 13.8 Å². The first-order valence-corrected chi connectivity index (χ1v) is 6.35. The van der Waals surface area contributed by atoms with E-state index in [2.05, 4.69) is 15.8 Å². The third-order valence-electron chi connectivity index (χ3n) is 3.13. The zero-order chi connectivity index (χ0) is 15.0. The molecule has 0 saturated heterocycles. The number of anilines is 2. The summed E-state index contributed by atoms with van der Waals surface area (Å²) in [5, 5.41) is 9.18. The van der Waals surface area contributed by atoms with Gasteiger partial charge >= 0.3 is 0 Å². The third-order valence-corrected chi connectivity index (χ3v) is 3.13. The minimum atomic E-state index is -0.311. The van der Waals surface area contributed by atoms with Gasteiger partial charge in [0.15, 0.2) is 6.61 Å². The summed E-state index contributed by atoms with van der Waals surface area (Å²) in [7, 11) is 0. The van der Waals surface area contributed by atoms with Crippen LogP contribution in [-0.2, 0) is 4.79 Å². The quantitative estimate of drug-likeness (QED) is 0.879. The Morgan fingerprint density at radius 1 is 1.38 bits per heavy atom. The van der Waals surface area contributed by atoms with E-state index < -0.39 is 0 Å². The molecule has 21 heavy (non-hydrogen) atoms. The Morgan fingerprint density at radius 3 is 2.90 bits per heavy atom. The Labute approximate surface area is 120 Å². The van der Waals surface area contributed by atoms with Crippen molar-refractivity contribution in [3.63, 3.8) is 0 Å². The number of hydrogen-bond donors (Lipinski definition) is 2. The third kappa shape index (κ3) is 2.45. The molecule has 0 bridgehead atoms. The fraction of sp³-hybridized carbons (Fsp3) is 0.214. The second-order valence-electron chi connectivity index (χ2n) is 4.70. The lowest BCUT2D eigenvalue weighted by Gasteiger charge is -2.18. The van der Waals surface area contributed by atoms with Crippen LogP contribution in [0.2, 0.25) is 0 Å². The minimum Gasteiger partial charge on any atom is -0.482 e. The molecule has 2 heterocycles. The Morgan fingerprint density at radius 2 is 2.19 bits per heavy atom. The van der Waals surface area contributed by atoms with E-state index in [0.717, 1.165) is 0 Å². The highest BCUT2D eigenvalue weighted by Gasteiger charge is 2.19. The lowest BCUT2D eigenvalue weighted by Crippen LogP contribution is -2.25. The topological polar surface area (TPSA) is 93.5 Å². The molecular weight excluding hydrogens is 274 g/mol. The molecule has 0 fully saturated rings. The Kier molecular flexibility index (Phi) is 3.09. The van der Waals surface area contributed by atoms with E-state index in [9.17, 15) is 9.59 Å². The van der Waals surface area contributed by atoms with Crippen LogP contribution >= 0.6 is 0 Å². The number of benzene rings is 1. The largest absolute Gasteiger partial charge is 0.482 e. The van der Waals surface area contributed by atoms with Crippen molar-refractivity contribution in [2.24, 2.45) is 0 Å². The average molecular weight is 287 g/mol. The summed E-state index contributed by atoms with van der Waals surface area (Å²) < 4.78 is 10.2. The highest BCUT2D eigenvalue weighted by Crippen LogP contribution is 2.30. The minimum absolute atomic E-state index is 0.00220. The maximum atomic E-state index is 12.2. The van der Waals surface area contributed by atoms with Gasteiger partial charge in [-0.15, -0.1) is 0 Å². The van der Waals surface area contributed by atoms with Crippen LogP contribution in [0.15, 0.2) is 22.7 Å². The molecule has 0 unspecified atom stereocenters. The molecule has 2 aromatic rings. The molecule has 0 aliphatic carbocycles. The number of aryl methyl sites for hydroxylation is 2. The fourth-order valence-electron chi connectivity index (χ4n) is 2.16. The monoisotopic (exact) mass is 287 g/mol. The van der Waals surface area contributed by atoms with Gasteiger partial charge in [-0.05, 0) is 32.0 Å². The number of ether oxygens (including phenoxy) is 1. The van der Waals surface area contributed by atoms with E-state index in [1.54, 1.807) is 32.0 Å². The number of carbonyl (C=O) groups is 2. The molecule has 1 aromatic heterocycles.